The second-order valence-corrected chi connectivity index (χ2v) is 3.35. The first-order valence-electron chi connectivity index (χ1n) is 3.61. The number of nitrogens with one attached hydrogen (secondary N) is 1. The molecule has 0 spiro atoms. The van der Waals surface area contributed by atoms with Crippen molar-refractivity contribution in [2.24, 2.45) is 0 Å². The number of hydrogen-bond donors (Lipinski definition) is 3. The lowest BCUT2D eigenvalue weighted by Gasteiger charge is -2.07. The zero-order valence-corrected chi connectivity index (χ0v) is 8.52. The highest BCUT2D eigenvalue weighted by atomic mass is 79.9. The molecular formula is C8H9BrFNO2. The molecule has 0 heterocycles. The fraction of sp³-hybridized carbons (Fsp3) is 0.250. The molecule has 0 aliphatic heterocycles. The average Bonchev–Trinajstić information content (AvgIpc) is 2.11. The van der Waals surface area contributed by atoms with Crippen molar-refractivity contribution in [3.63, 3.8) is 0 Å². The SMILES string of the molecule is CNCc1cc(F)c(O)c(Br)c1O. The summed E-state index contributed by atoms with van der Waals surface area (Å²) in [7, 11) is 1.68. The van der Waals surface area contributed by atoms with E-state index in [1.54, 1.807) is 7.05 Å². The van der Waals surface area contributed by atoms with Gasteiger partial charge in [0.15, 0.2) is 11.6 Å². The number of halogens is 2. The predicted molar refractivity (Wildman–Crippen MR) is 50.2 cm³/mol. The van der Waals surface area contributed by atoms with Crippen LogP contribution in [0.25, 0.3) is 0 Å². The van der Waals surface area contributed by atoms with E-state index < -0.39 is 11.6 Å². The molecule has 0 aliphatic rings. The van der Waals surface area contributed by atoms with Crippen molar-refractivity contribution < 1.29 is 14.6 Å². The average molecular weight is 250 g/mol. The summed E-state index contributed by atoms with van der Waals surface area (Å²) in [6.45, 7) is 0.335. The standard InChI is InChI=1S/C8H9BrFNO2/c1-11-3-4-2-5(10)8(13)6(9)7(4)12/h2,11-13H,3H2,1H3. The molecule has 72 valence electrons. The van der Waals surface area contributed by atoms with Crippen molar-refractivity contribution in [2.75, 3.05) is 7.05 Å². The fourth-order valence-electron chi connectivity index (χ4n) is 0.973. The van der Waals surface area contributed by atoms with Gasteiger partial charge in [0, 0.05) is 12.1 Å². The minimum absolute atomic E-state index is 0.0160. The smallest absolute Gasteiger partial charge is 0.169 e. The van der Waals surface area contributed by atoms with Crippen molar-refractivity contribution in [1.82, 2.24) is 5.32 Å². The molecule has 1 aromatic carbocycles. The maximum atomic E-state index is 12.9. The van der Waals surface area contributed by atoms with Gasteiger partial charge in [-0.1, -0.05) is 0 Å². The molecule has 1 aromatic rings. The molecule has 0 aromatic heterocycles. The summed E-state index contributed by atoms with van der Waals surface area (Å²) in [6.07, 6.45) is 0. The number of phenols is 2. The van der Waals surface area contributed by atoms with Crippen molar-refractivity contribution in [1.29, 1.82) is 0 Å². The Hall–Kier alpha value is -0.810. The second kappa shape index (κ2) is 3.93. The van der Waals surface area contributed by atoms with Gasteiger partial charge in [-0.05, 0) is 29.0 Å². The van der Waals surface area contributed by atoms with Crippen LogP contribution in [0.2, 0.25) is 0 Å². The van der Waals surface area contributed by atoms with E-state index in [1.165, 1.54) is 0 Å². The summed E-state index contributed by atoms with van der Waals surface area (Å²) in [6, 6.07) is 1.09. The van der Waals surface area contributed by atoms with Gasteiger partial charge in [-0.15, -0.1) is 0 Å². The third kappa shape index (κ3) is 1.92. The Morgan fingerprint density at radius 2 is 2.08 bits per heavy atom. The normalized spacial score (nSPS) is 10.4. The van der Waals surface area contributed by atoms with E-state index in [9.17, 15) is 9.50 Å². The molecule has 3 nitrogen and oxygen atoms in total. The van der Waals surface area contributed by atoms with Crippen LogP contribution in [-0.2, 0) is 6.54 Å². The summed E-state index contributed by atoms with van der Waals surface area (Å²) < 4.78 is 12.9. The predicted octanol–water partition coefficient (Wildman–Crippen LogP) is 1.72. The molecule has 0 saturated heterocycles. The molecule has 5 heteroatoms. The number of aromatic hydroxyl groups is 2. The second-order valence-electron chi connectivity index (χ2n) is 2.56. The van der Waals surface area contributed by atoms with Gasteiger partial charge in [0.2, 0.25) is 0 Å². The summed E-state index contributed by atoms with van der Waals surface area (Å²) in [4.78, 5) is 0. The molecule has 0 unspecified atom stereocenters. The van der Waals surface area contributed by atoms with Gasteiger partial charge < -0.3 is 15.5 Å². The monoisotopic (exact) mass is 249 g/mol. The van der Waals surface area contributed by atoms with E-state index >= 15 is 0 Å². The molecule has 1 rings (SSSR count). The summed E-state index contributed by atoms with van der Waals surface area (Å²) in [5.74, 6) is -1.47. The lowest BCUT2D eigenvalue weighted by atomic mass is 10.2. The highest BCUT2D eigenvalue weighted by molar-refractivity contribution is 9.10. The van der Waals surface area contributed by atoms with E-state index in [4.69, 9.17) is 5.11 Å². The first-order chi connectivity index (χ1) is 6.07. The van der Waals surface area contributed by atoms with Crippen LogP contribution in [0, 0.1) is 5.82 Å². The topological polar surface area (TPSA) is 52.5 Å². The molecule has 3 N–H and O–H groups in total. The van der Waals surface area contributed by atoms with Gasteiger partial charge in [0.1, 0.15) is 10.2 Å². The largest absolute Gasteiger partial charge is 0.506 e. The van der Waals surface area contributed by atoms with Crippen LogP contribution in [0.3, 0.4) is 0 Å². The maximum absolute atomic E-state index is 12.9. The zero-order chi connectivity index (χ0) is 10.0. The maximum Gasteiger partial charge on any atom is 0.169 e. The molecule has 0 bridgehead atoms. The van der Waals surface area contributed by atoms with Crippen LogP contribution >= 0.6 is 15.9 Å². The third-order valence-electron chi connectivity index (χ3n) is 1.61. The Morgan fingerprint density at radius 3 is 2.62 bits per heavy atom. The molecule has 0 saturated carbocycles. The van der Waals surface area contributed by atoms with Gasteiger partial charge in [-0.25, -0.2) is 4.39 Å². The molecule has 0 atom stereocenters. The molecule has 13 heavy (non-hydrogen) atoms. The Bertz CT molecular complexity index is 330. The van der Waals surface area contributed by atoms with Crippen LogP contribution in [0.4, 0.5) is 4.39 Å². The van der Waals surface area contributed by atoms with Gasteiger partial charge in [0.25, 0.3) is 0 Å². The zero-order valence-electron chi connectivity index (χ0n) is 6.93. The summed E-state index contributed by atoms with van der Waals surface area (Å²) >= 11 is 2.88. The van der Waals surface area contributed by atoms with E-state index in [0.29, 0.717) is 12.1 Å². The lowest BCUT2D eigenvalue weighted by molar-refractivity contribution is 0.409. The number of phenolic OH excluding ortho intramolecular Hbond substituents is 2. The minimum Gasteiger partial charge on any atom is -0.506 e. The summed E-state index contributed by atoms with van der Waals surface area (Å²) in [5.41, 5.74) is 0.393. The van der Waals surface area contributed by atoms with E-state index in [-0.39, 0.29) is 10.2 Å². The highest BCUT2D eigenvalue weighted by Gasteiger charge is 2.14. The Labute approximate surface area is 83.3 Å². The van der Waals surface area contributed by atoms with Crippen LogP contribution in [-0.4, -0.2) is 17.3 Å². The van der Waals surface area contributed by atoms with Crippen LogP contribution in [0.5, 0.6) is 11.5 Å². The van der Waals surface area contributed by atoms with E-state index in [2.05, 4.69) is 21.2 Å². The summed E-state index contributed by atoms with van der Waals surface area (Å²) in [5, 5.41) is 21.3. The number of hydrogen-bond acceptors (Lipinski definition) is 3. The van der Waals surface area contributed by atoms with Crippen LogP contribution < -0.4 is 5.32 Å². The first-order valence-corrected chi connectivity index (χ1v) is 4.40. The van der Waals surface area contributed by atoms with Crippen LogP contribution in [0.15, 0.2) is 10.5 Å². The molecule has 0 radical (unpaired) electrons. The van der Waals surface area contributed by atoms with Gasteiger partial charge in [-0.2, -0.15) is 0 Å². The first kappa shape index (κ1) is 10.3. The van der Waals surface area contributed by atoms with Crippen LogP contribution in [0.1, 0.15) is 5.56 Å². The molecule has 0 fully saturated rings. The molecule has 0 amide bonds. The fourth-order valence-corrected chi connectivity index (χ4v) is 1.42. The quantitative estimate of drug-likeness (QED) is 0.749. The van der Waals surface area contributed by atoms with Crippen molar-refractivity contribution in [3.05, 3.63) is 21.9 Å². The Morgan fingerprint density at radius 1 is 1.46 bits per heavy atom. The minimum atomic E-state index is -0.755. The molecular weight excluding hydrogens is 241 g/mol. The number of rotatable bonds is 2. The Balaban J connectivity index is 3.24. The van der Waals surface area contributed by atoms with Gasteiger partial charge >= 0.3 is 0 Å². The van der Waals surface area contributed by atoms with Crippen molar-refractivity contribution in [3.8, 4) is 11.5 Å². The Kier molecular flexibility index (Phi) is 3.11. The van der Waals surface area contributed by atoms with Crippen molar-refractivity contribution in [2.45, 2.75) is 6.54 Å². The van der Waals surface area contributed by atoms with Crippen molar-refractivity contribution >= 4 is 15.9 Å². The van der Waals surface area contributed by atoms with E-state index in [1.807, 2.05) is 0 Å². The van der Waals surface area contributed by atoms with E-state index in [0.717, 1.165) is 6.07 Å². The number of benzene rings is 1. The molecule has 0 aliphatic carbocycles. The third-order valence-corrected chi connectivity index (χ3v) is 2.37. The highest BCUT2D eigenvalue weighted by Crippen LogP contribution is 2.37. The van der Waals surface area contributed by atoms with Gasteiger partial charge in [-0.3, -0.25) is 0 Å². The van der Waals surface area contributed by atoms with Gasteiger partial charge in [0.05, 0.1) is 0 Å². The lowest BCUT2D eigenvalue weighted by Crippen LogP contribution is -2.05.